The summed E-state index contributed by atoms with van der Waals surface area (Å²) < 4.78 is 20.4. The molecule has 0 fully saturated rings. The van der Waals surface area contributed by atoms with Crippen LogP contribution in [0.2, 0.25) is 0 Å². The molecule has 1 aromatic heterocycles. The molecule has 5 rings (SSSR count). The highest BCUT2D eigenvalue weighted by atomic mass is 127. The van der Waals surface area contributed by atoms with Crippen molar-refractivity contribution in [2.75, 3.05) is 13.4 Å². The van der Waals surface area contributed by atoms with Crippen molar-refractivity contribution in [2.45, 2.75) is 44.4 Å². The Morgan fingerprint density at radius 1 is 1.14 bits per heavy atom. The van der Waals surface area contributed by atoms with Crippen molar-refractivity contribution in [3.63, 3.8) is 0 Å². The van der Waals surface area contributed by atoms with Crippen LogP contribution in [0.5, 0.6) is 11.5 Å². The fraction of sp³-hybridized carbons (Fsp3) is 0.242. The maximum absolute atomic E-state index is 14.0. The summed E-state index contributed by atoms with van der Waals surface area (Å²) in [5, 5.41) is 0. The minimum atomic E-state index is -0.663. The molecule has 222 valence electrons. The van der Waals surface area contributed by atoms with Crippen molar-refractivity contribution < 1.29 is 19.0 Å². The van der Waals surface area contributed by atoms with Crippen molar-refractivity contribution in [3.05, 3.63) is 118 Å². The maximum atomic E-state index is 14.0. The number of nitrogens with zero attached hydrogens (tertiary/aromatic N) is 2. The van der Waals surface area contributed by atoms with Crippen LogP contribution in [0.25, 0.3) is 6.08 Å². The molecular weight excluding hydrogens is 695 g/mol. The Kier molecular flexibility index (Phi) is 9.78. The Balaban J connectivity index is 1.58. The lowest BCUT2D eigenvalue weighted by Gasteiger charge is -2.25. The van der Waals surface area contributed by atoms with Gasteiger partial charge in [-0.3, -0.25) is 9.36 Å². The van der Waals surface area contributed by atoms with E-state index in [1.165, 1.54) is 11.3 Å². The summed E-state index contributed by atoms with van der Waals surface area (Å²) in [4.78, 5) is 33.7. The molecule has 43 heavy (non-hydrogen) atoms. The zero-order valence-corrected chi connectivity index (χ0v) is 28.2. The average Bonchev–Trinajstić information content (AvgIpc) is 3.29. The summed E-state index contributed by atoms with van der Waals surface area (Å²) in [5.41, 5.74) is 3.31. The zero-order chi connectivity index (χ0) is 30.7. The minimum absolute atomic E-state index is 0.233. The van der Waals surface area contributed by atoms with Crippen LogP contribution in [0, 0.1) is 3.57 Å². The first-order valence-electron chi connectivity index (χ1n) is 13.6. The van der Waals surface area contributed by atoms with Crippen molar-refractivity contribution in [1.29, 1.82) is 0 Å². The number of carbonyl (C=O) groups is 1. The number of ether oxygens (including phenoxy) is 3. The number of methoxy groups -OCH3 is 1. The summed E-state index contributed by atoms with van der Waals surface area (Å²) in [6.07, 6.45) is 3.52. The molecule has 1 aliphatic rings. The number of hydrogen-bond acceptors (Lipinski definition) is 8. The van der Waals surface area contributed by atoms with E-state index in [2.05, 4.69) is 22.6 Å². The number of thioether (sulfide) groups is 1. The zero-order valence-electron chi connectivity index (χ0n) is 24.4. The third kappa shape index (κ3) is 6.76. The molecule has 0 unspecified atom stereocenters. The summed E-state index contributed by atoms with van der Waals surface area (Å²) in [5.74, 6) is 0.737. The van der Waals surface area contributed by atoms with Gasteiger partial charge in [-0.25, -0.2) is 9.79 Å². The highest BCUT2D eigenvalue weighted by Gasteiger charge is 2.33. The van der Waals surface area contributed by atoms with E-state index < -0.39 is 12.0 Å². The van der Waals surface area contributed by atoms with E-state index in [1.54, 1.807) is 44.2 Å². The molecule has 0 spiro atoms. The number of hydrogen-bond donors (Lipinski definition) is 0. The molecule has 10 heteroatoms. The van der Waals surface area contributed by atoms with E-state index in [0.29, 0.717) is 38.7 Å². The van der Waals surface area contributed by atoms with Gasteiger partial charge in [0.15, 0.2) is 16.3 Å². The minimum Gasteiger partial charge on any atom is -0.493 e. The highest BCUT2D eigenvalue weighted by Crippen LogP contribution is 2.35. The summed E-state index contributed by atoms with van der Waals surface area (Å²) in [7, 11) is 1.60. The van der Waals surface area contributed by atoms with Gasteiger partial charge in [0.25, 0.3) is 5.56 Å². The Morgan fingerprint density at radius 3 is 2.51 bits per heavy atom. The van der Waals surface area contributed by atoms with Crippen LogP contribution in [0.1, 0.15) is 43.5 Å². The number of esters is 1. The first-order valence-corrected chi connectivity index (χ1v) is 16.7. The van der Waals surface area contributed by atoms with Gasteiger partial charge in [0, 0.05) is 4.90 Å². The van der Waals surface area contributed by atoms with Gasteiger partial charge in [-0.05, 0) is 96.6 Å². The summed E-state index contributed by atoms with van der Waals surface area (Å²) in [6.45, 7) is 5.81. The fourth-order valence-electron chi connectivity index (χ4n) is 4.81. The predicted octanol–water partition coefficient (Wildman–Crippen LogP) is 6.10. The number of thiazole rings is 1. The van der Waals surface area contributed by atoms with E-state index in [-0.39, 0.29) is 11.7 Å². The van der Waals surface area contributed by atoms with Gasteiger partial charge in [0.2, 0.25) is 0 Å². The number of benzene rings is 3. The van der Waals surface area contributed by atoms with Crippen molar-refractivity contribution in [1.82, 2.24) is 4.57 Å². The Hall–Kier alpha value is -3.35. The number of fused-ring (bicyclic) bond motifs is 1. The van der Waals surface area contributed by atoms with Gasteiger partial charge in [-0.15, -0.1) is 11.8 Å². The van der Waals surface area contributed by atoms with E-state index in [0.717, 1.165) is 25.2 Å². The average molecular weight is 727 g/mol. The Labute approximate surface area is 272 Å². The largest absolute Gasteiger partial charge is 0.493 e. The smallest absolute Gasteiger partial charge is 0.338 e. The second-order valence-electron chi connectivity index (χ2n) is 10.1. The number of allylic oxidation sites excluding steroid dienone is 1. The molecule has 0 radical (unpaired) electrons. The van der Waals surface area contributed by atoms with Crippen molar-refractivity contribution in [3.8, 4) is 11.5 Å². The molecule has 0 saturated carbocycles. The lowest BCUT2D eigenvalue weighted by atomic mass is 9.96. The molecule has 1 atom stereocenters. The van der Waals surface area contributed by atoms with Gasteiger partial charge in [-0.1, -0.05) is 53.8 Å². The monoisotopic (exact) mass is 726 g/mol. The molecule has 0 aliphatic carbocycles. The maximum Gasteiger partial charge on any atom is 0.338 e. The quantitative estimate of drug-likeness (QED) is 0.118. The van der Waals surface area contributed by atoms with Crippen molar-refractivity contribution in [2.24, 2.45) is 4.99 Å². The van der Waals surface area contributed by atoms with Gasteiger partial charge in [0.1, 0.15) is 6.61 Å². The molecule has 4 aromatic rings. The molecule has 0 N–H and O–H groups in total. The summed E-state index contributed by atoms with van der Waals surface area (Å²) in [6, 6.07) is 21.0. The molecule has 0 saturated heterocycles. The summed E-state index contributed by atoms with van der Waals surface area (Å²) >= 11 is 5.14. The highest BCUT2D eigenvalue weighted by molar-refractivity contribution is 14.1. The SMILES string of the molecule is COc1cc(/C=c2\sc3n(c2=O)[C@H](c2ccc(SC)cc2)C(C(=O)OC(C)C)=C(C)N=3)cc(I)c1OCc1ccccc1. The van der Waals surface area contributed by atoms with Gasteiger partial charge >= 0.3 is 5.97 Å². The lowest BCUT2D eigenvalue weighted by molar-refractivity contribution is -0.143. The van der Waals surface area contributed by atoms with Gasteiger partial charge in [0.05, 0.1) is 38.6 Å². The van der Waals surface area contributed by atoms with Gasteiger partial charge in [-0.2, -0.15) is 0 Å². The second kappa shape index (κ2) is 13.5. The molecule has 3 aromatic carbocycles. The third-order valence-corrected chi connectivity index (χ3v) is 9.32. The van der Waals surface area contributed by atoms with E-state index in [1.807, 2.05) is 79.1 Å². The van der Waals surface area contributed by atoms with E-state index in [4.69, 9.17) is 19.2 Å². The molecule has 0 bridgehead atoms. The van der Waals surface area contributed by atoms with E-state index in [9.17, 15) is 9.59 Å². The topological polar surface area (TPSA) is 79.1 Å². The normalized spacial score (nSPS) is 14.9. The van der Waals surface area contributed by atoms with Crippen LogP contribution in [-0.2, 0) is 16.1 Å². The van der Waals surface area contributed by atoms with Crippen molar-refractivity contribution >= 4 is 57.7 Å². The van der Waals surface area contributed by atoms with Crippen LogP contribution in [0.15, 0.2) is 92.7 Å². The predicted molar refractivity (Wildman–Crippen MR) is 180 cm³/mol. The van der Waals surface area contributed by atoms with Crippen LogP contribution >= 0.6 is 45.7 Å². The first kappa shape index (κ1) is 31.1. The number of carbonyl (C=O) groups excluding carboxylic acids is 1. The van der Waals surface area contributed by atoms with Crippen LogP contribution in [0.4, 0.5) is 0 Å². The van der Waals surface area contributed by atoms with Crippen LogP contribution < -0.4 is 24.4 Å². The van der Waals surface area contributed by atoms with E-state index >= 15 is 0 Å². The lowest BCUT2D eigenvalue weighted by Crippen LogP contribution is -2.40. The molecule has 7 nitrogen and oxygen atoms in total. The first-order chi connectivity index (χ1) is 20.7. The molecule has 0 amide bonds. The number of rotatable bonds is 9. The number of aromatic nitrogens is 1. The standard InChI is InChI=1S/C33H31IN2O5S2/c1-19(2)41-32(38)28-20(3)35-33-36(29(28)23-11-13-24(42-5)14-12-23)31(37)27(43-33)17-22-15-25(34)30(26(16-22)39-4)40-18-21-9-7-6-8-10-21/h6-17,19,29H,18H2,1-5H3/b27-17-/t29-/m1/s1. The third-order valence-electron chi connectivity index (χ3n) is 6.79. The molecule has 1 aliphatic heterocycles. The molecular formula is C33H31IN2O5S2. The molecule has 2 heterocycles. The van der Waals surface area contributed by atoms with Gasteiger partial charge < -0.3 is 14.2 Å². The Bertz CT molecular complexity index is 1860. The second-order valence-corrected chi connectivity index (χ2v) is 13.2. The van der Waals surface area contributed by atoms with Crippen LogP contribution in [-0.4, -0.2) is 30.0 Å². The van der Waals surface area contributed by atoms with Crippen LogP contribution in [0.3, 0.4) is 0 Å². The fourth-order valence-corrected chi connectivity index (χ4v) is 7.04. The Morgan fingerprint density at radius 2 is 1.86 bits per heavy atom. The number of halogens is 1.